The molecule has 5 nitrogen and oxygen atoms in total. The highest BCUT2D eigenvalue weighted by Gasteiger charge is 1.90. The van der Waals surface area contributed by atoms with E-state index in [1.165, 1.54) is 0 Å². The van der Waals surface area contributed by atoms with Gasteiger partial charge in [0.25, 0.3) is 10.1 Å². The summed E-state index contributed by atoms with van der Waals surface area (Å²) < 4.78 is 42.7. The fourth-order valence-corrected chi connectivity index (χ4v) is 0. The standard InChI is InChI=1S/C2H6O3S.C2H6O2S/c1-5-6(2,3)4;1-5(2,3)4/h1-2H3;1-2H3. The second-order valence-electron chi connectivity index (χ2n) is 2.01. The number of hydrogen-bond donors (Lipinski definition) is 0. The molecule has 0 aliphatic carbocycles. The van der Waals surface area contributed by atoms with E-state index < -0.39 is 20.0 Å². The molecule has 0 heterocycles. The largest absolute Gasteiger partial charge is 0.274 e. The van der Waals surface area contributed by atoms with Crippen LogP contribution in [0.2, 0.25) is 0 Å². The van der Waals surface area contributed by atoms with Gasteiger partial charge in [0, 0.05) is 12.5 Å². The van der Waals surface area contributed by atoms with Crippen LogP contribution >= 0.6 is 0 Å². The lowest BCUT2D eigenvalue weighted by Crippen LogP contribution is -1.95. The van der Waals surface area contributed by atoms with Crippen molar-refractivity contribution in [3.8, 4) is 0 Å². The van der Waals surface area contributed by atoms with Crippen LogP contribution in [0.3, 0.4) is 0 Å². The van der Waals surface area contributed by atoms with E-state index in [9.17, 15) is 16.8 Å². The quantitative estimate of drug-likeness (QED) is 0.525. The highest BCUT2D eigenvalue weighted by molar-refractivity contribution is 7.89. The van der Waals surface area contributed by atoms with Gasteiger partial charge in [0.2, 0.25) is 0 Å². The summed E-state index contributed by atoms with van der Waals surface area (Å²) in [6.45, 7) is 0. The summed E-state index contributed by atoms with van der Waals surface area (Å²) in [4.78, 5) is 0. The van der Waals surface area contributed by atoms with Gasteiger partial charge in [0.1, 0.15) is 9.84 Å². The predicted octanol–water partition coefficient (Wildman–Crippen LogP) is -0.747. The molecule has 0 aromatic rings. The van der Waals surface area contributed by atoms with Crippen molar-refractivity contribution in [3.05, 3.63) is 0 Å². The maximum Gasteiger partial charge on any atom is 0.264 e. The molecule has 0 amide bonds. The summed E-state index contributed by atoms with van der Waals surface area (Å²) in [5.41, 5.74) is 0. The molecule has 7 heteroatoms. The van der Waals surface area contributed by atoms with E-state index >= 15 is 0 Å². The fraction of sp³-hybridized carbons (Fsp3) is 1.00. The lowest BCUT2D eigenvalue weighted by Gasteiger charge is -1.84. The van der Waals surface area contributed by atoms with Crippen LogP contribution in [0.25, 0.3) is 0 Å². The molecule has 11 heavy (non-hydrogen) atoms. The van der Waals surface area contributed by atoms with E-state index in [1.54, 1.807) is 0 Å². The molecule has 0 unspecified atom stereocenters. The predicted molar refractivity (Wildman–Crippen MR) is 42.6 cm³/mol. The van der Waals surface area contributed by atoms with Crippen LogP contribution in [0.4, 0.5) is 0 Å². The van der Waals surface area contributed by atoms with Crippen LogP contribution in [0.1, 0.15) is 0 Å². The van der Waals surface area contributed by atoms with Crippen molar-refractivity contribution in [1.29, 1.82) is 0 Å². The first-order chi connectivity index (χ1) is 4.56. The zero-order valence-corrected chi connectivity index (χ0v) is 8.49. The summed E-state index contributed by atoms with van der Waals surface area (Å²) in [5, 5.41) is 0. The minimum Gasteiger partial charge on any atom is -0.274 e. The third-order valence-corrected chi connectivity index (χ3v) is 0.908. The first kappa shape index (κ1) is 13.4. The molecule has 0 fully saturated rings. The highest BCUT2D eigenvalue weighted by atomic mass is 32.2. The van der Waals surface area contributed by atoms with Crippen molar-refractivity contribution < 1.29 is 21.0 Å². The van der Waals surface area contributed by atoms with Gasteiger partial charge in [0.05, 0.1) is 13.4 Å². The first-order valence-corrected chi connectivity index (χ1v) is 6.58. The molecule has 0 rings (SSSR count). The molecule has 0 saturated heterocycles. The Labute approximate surface area is 67.4 Å². The monoisotopic (exact) mass is 204 g/mol. The Morgan fingerprint density at radius 1 is 0.909 bits per heavy atom. The van der Waals surface area contributed by atoms with Crippen molar-refractivity contribution in [2.24, 2.45) is 0 Å². The second kappa shape index (κ2) is 4.68. The lowest BCUT2D eigenvalue weighted by atomic mass is 11.8. The maximum absolute atomic E-state index is 9.78. The van der Waals surface area contributed by atoms with E-state index in [4.69, 9.17) is 0 Å². The Bertz CT molecular complexity index is 264. The van der Waals surface area contributed by atoms with Crippen molar-refractivity contribution in [3.63, 3.8) is 0 Å². The van der Waals surface area contributed by atoms with E-state index in [-0.39, 0.29) is 0 Å². The number of hydrogen-bond acceptors (Lipinski definition) is 5. The third kappa shape index (κ3) is 74.5. The van der Waals surface area contributed by atoms with Gasteiger partial charge in [0.15, 0.2) is 0 Å². The van der Waals surface area contributed by atoms with Crippen molar-refractivity contribution in [2.45, 2.75) is 0 Å². The molecule has 0 aromatic carbocycles. The normalized spacial score (nSPS) is 11.6. The molecule has 0 N–H and O–H groups in total. The maximum atomic E-state index is 9.78. The Morgan fingerprint density at radius 3 is 1.00 bits per heavy atom. The zero-order chi connectivity index (χ0) is 9.71. The summed E-state index contributed by atoms with van der Waals surface area (Å²) >= 11 is 0. The van der Waals surface area contributed by atoms with Crippen molar-refractivity contribution in [1.82, 2.24) is 0 Å². The van der Waals surface area contributed by atoms with E-state index in [2.05, 4.69) is 4.18 Å². The van der Waals surface area contributed by atoms with Gasteiger partial charge in [-0.25, -0.2) is 8.42 Å². The molecule has 0 saturated carbocycles. The van der Waals surface area contributed by atoms with Gasteiger partial charge in [-0.3, -0.25) is 4.18 Å². The summed E-state index contributed by atoms with van der Waals surface area (Å²) in [6.07, 6.45) is 3.31. The van der Waals surface area contributed by atoms with Crippen LogP contribution in [-0.4, -0.2) is 42.7 Å². The van der Waals surface area contributed by atoms with Gasteiger partial charge < -0.3 is 0 Å². The molecule has 70 valence electrons. The Morgan fingerprint density at radius 2 is 1.00 bits per heavy atom. The van der Waals surface area contributed by atoms with Gasteiger partial charge in [-0.2, -0.15) is 8.42 Å². The molecular formula is C4H12O5S2. The molecule has 0 radical (unpaired) electrons. The minimum atomic E-state index is -3.16. The molecule has 0 spiro atoms. The third-order valence-electron chi connectivity index (χ3n) is 0.303. The first-order valence-electron chi connectivity index (χ1n) is 2.47. The zero-order valence-electron chi connectivity index (χ0n) is 6.86. The van der Waals surface area contributed by atoms with E-state index in [1.807, 2.05) is 0 Å². The molecule has 0 aromatic heterocycles. The van der Waals surface area contributed by atoms with Crippen LogP contribution in [0.5, 0.6) is 0 Å². The lowest BCUT2D eigenvalue weighted by molar-refractivity contribution is 0.403. The van der Waals surface area contributed by atoms with Crippen molar-refractivity contribution in [2.75, 3.05) is 25.9 Å². The van der Waals surface area contributed by atoms with Gasteiger partial charge in [-0.1, -0.05) is 0 Å². The van der Waals surface area contributed by atoms with Crippen LogP contribution in [-0.2, 0) is 24.1 Å². The fourth-order valence-electron chi connectivity index (χ4n) is 0. The second-order valence-corrected chi connectivity index (χ2v) is 6.04. The van der Waals surface area contributed by atoms with Crippen LogP contribution < -0.4 is 0 Å². The summed E-state index contributed by atoms with van der Waals surface area (Å²) in [6, 6.07) is 0. The summed E-state index contributed by atoms with van der Waals surface area (Å²) in [7, 11) is -4.71. The van der Waals surface area contributed by atoms with E-state index in [0.717, 1.165) is 25.9 Å². The average molecular weight is 204 g/mol. The topological polar surface area (TPSA) is 77.5 Å². The Hall–Kier alpha value is -0.140. The molecule has 0 aliphatic rings. The Kier molecular flexibility index (Phi) is 5.72. The van der Waals surface area contributed by atoms with Gasteiger partial charge >= 0.3 is 0 Å². The van der Waals surface area contributed by atoms with Crippen LogP contribution in [0.15, 0.2) is 0 Å². The molecule has 0 atom stereocenters. The molecular weight excluding hydrogens is 192 g/mol. The highest BCUT2D eigenvalue weighted by Crippen LogP contribution is 1.75. The average Bonchev–Trinajstić information content (AvgIpc) is 1.59. The molecule has 0 aliphatic heterocycles. The Balaban J connectivity index is 0. The minimum absolute atomic E-state index is 0.993. The smallest absolute Gasteiger partial charge is 0.264 e. The van der Waals surface area contributed by atoms with Gasteiger partial charge in [-0.05, 0) is 0 Å². The van der Waals surface area contributed by atoms with Crippen molar-refractivity contribution >= 4 is 20.0 Å². The number of sulfone groups is 1. The van der Waals surface area contributed by atoms with E-state index in [0.29, 0.717) is 0 Å². The SMILES string of the molecule is COS(C)(=O)=O.CS(C)(=O)=O. The summed E-state index contributed by atoms with van der Waals surface area (Å²) in [5.74, 6) is 0. The number of rotatable bonds is 1. The molecule has 0 bridgehead atoms. The van der Waals surface area contributed by atoms with Crippen LogP contribution in [0, 0.1) is 0 Å². The van der Waals surface area contributed by atoms with Gasteiger partial charge in [-0.15, -0.1) is 0 Å².